The van der Waals surface area contributed by atoms with E-state index in [2.05, 4.69) is 18.7 Å². The minimum absolute atomic E-state index is 0.0709. The number of anilines is 1. The number of ketones is 1. The van der Waals surface area contributed by atoms with Crippen molar-refractivity contribution in [1.29, 1.82) is 0 Å². The first-order valence-corrected chi connectivity index (χ1v) is 6.64. The summed E-state index contributed by atoms with van der Waals surface area (Å²) in [5.41, 5.74) is 1.00. The molecule has 2 atom stereocenters. The highest BCUT2D eigenvalue weighted by Gasteiger charge is 2.33. The van der Waals surface area contributed by atoms with Crippen molar-refractivity contribution in [3.63, 3.8) is 0 Å². The van der Waals surface area contributed by atoms with Gasteiger partial charge in [0.1, 0.15) is 5.82 Å². The fourth-order valence-electron chi connectivity index (χ4n) is 2.94. The molecule has 2 rings (SSSR count). The first kappa shape index (κ1) is 13.1. The summed E-state index contributed by atoms with van der Waals surface area (Å²) in [5.74, 6) is -0.353. The molecule has 0 radical (unpaired) electrons. The zero-order valence-electron chi connectivity index (χ0n) is 11.2. The van der Waals surface area contributed by atoms with Gasteiger partial charge in [0.05, 0.1) is 5.69 Å². The lowest BCUT2D eigenvalue weighted by molar-refractivity contribution is 0.101. The van der Waals surface area contributed by atoms with Gasteiger partial charge in [0.2, 0.25) is 0 Å². The fourth-order valence-corrected chi connectivity index (χ4v) is 2.94. The van der Waals surface area contributed by atoms with Crippen LogP contribution in [0.5, 0.6) is 0 Å². The summed E-state index contributed by atoms with van der Waals surface area (Å²) in [5, 5.41) is 0. The molecule has 0 bridgehead atoms. The van der Waals surface area contributed by atoms with Gasteiger partial charge in [0.15, 0.2) is 5.78 Å². The number of carbonyl (C=O) groups is 1. The average Bonchev–Trinajstić information content (AvgIpc) is 2.70. The number of benzene rings is 1. The highest BCUT2D eigenvalue weighted by atomic mass is 19.1. The lowest BCUT2D eigenvalue weighted by Crippen LogP contribution is -2.36. The van der Waals surface area contributed by atoms with Crippen LogP contribution in [0.25, 0.3) is 0 Å². The molecular weight excluding hydrogens is 229 g/mol. The third-order valence-electron chi connectivity index (χ3n) is 3.88. The number of Topliss-reactive ketones (excluding diaryl/α,β-unsaturated/α-hetero) is 1. The second kappa shape index (κ2) is 5.09. The molecule has 0 aromatic heterocycles. The van der Waals surface area contributed by atoms with E-state index >= 15 is 0 Å². The highest BCUT2D eigenvalue weighted by molar-refractivity contribution is 6.00. The van der Waals surface area contributed by atoms with Gasteiger partial charge >= 0.3 is 0 Å². The first-order valence-electron chi connectivity index (χ1n) is 6.64. The van der Waals surface area contributed by atoms with Crippen LogP contribution in [0, 0.1) is 5.82 Å². The summed E-state index contributed by atoms with van der Waals surface area (Å²) < 4.78 is 14.2. The quantitative estimate of drug-likeness (QED) is 0.759. The Balaban J connectivity index is 2.52. The number of rotatable bonds is 3. The number of para-hydroxylation sites is 1. The fraction of sp³-hybridized carbons (Fsp3) is 0.533. The van der Waals surface area contributed by atoms with E-state index in [9.17, 15) is 9.18 Å². The van der Waals surface area contributed by atoms with Crippen molar-refractivity contribution in [2.24, 2.45) is 0 Å². The second-order valence-corrected chi connectivity index (χ2v) is 5.09. The van der Waals surface area contributed by atoms with Gasteiger partial charge in [-0.15, -0.1) is 0 Å². The highest BCUT2D eigenvalue weighted by Crippen LogP contribution is 2.36. The second-order valence-electron chi connectivity index (χ2n) is 5.09. The predicted octanol–water partition coefficient (Wildman–Crippen LogP) is 3.80. The molecule has 0 spiro atoms. The van der Waals surface area contributed by atoms with Crippen LogP contribution in [0.3, 0.4) is 0 Å². The summed E-state index contributed by atoms with van der Waals surface area (Å²) in [6.07, 6.45) is 3.11. The molecule has 1 aliphatic heterocycles. The van der Waals surface area contributed by atoms with Gasteiger partial charge < -0.3 is 4.90 Å². The Hall–Kier alpha value is -1.38. The Labute approximate surface area is 108 Å². The Bertz CT molecular complexity index is 458. The molecule has 2 unspecified atom stereocenters. The zero-order chi connectivity index (χ0) is 13.3. The van der Waals surface area contributed by atoms with E-state index in [-0.39, 0.29) is 11.6 Å². The molecule has 2 nitrogen and oxygen atoms in total. The number of hydrogen-bond donors (Lipinski definition) is 0. The predicted molar refractivity (Wildman–Crippen MR) is 71.7 cm³/mol. The Kier molecular flexibility index (Phi) is 3.69. The van der Waals surface area contributed by atoms with E-state index < -0.39 is 0 Å². The van der Waals surface area contributed by atoms with Crippen molar-refractivity contribution < 1.29 is 9.18 Å². The van der Waals surface area contributed by atoms with Crippen LogP contribution >= 0.6 is 0 Å². The lowest BCUT2D eigenvalue weighted by atomic mass is 10.1. The van der Waals surface area contributed by atoms with E-state index in [4.69, 9.17) is 0 Å². The smallest absolute Gasteiger partial charge is 0.161 e. The van der Waals surface area contributed by atoms with Crippen molar-refractivity contribution >= 4 is 11.5 Å². The van der Waals surface area contributed by atoms with Gasteiger partial charge in [-0.1, -0.05) is 13.0 Å². The Morgan fingerprint density at radius 1 is 1.44 bits per heavy atom. The summed E-state index contributed by atoms with van der Waals surface area (Å²) in [6, 6.07) is 5.41. The van der Waals surface area contributed by atoms with Gasteiger partial charge in [-0.25, -0.2) is 4.39 Å². The molecule has 0 saturated carbocycles. The minimum atomic E-state index is -0.282. The van der Waals surface area contributed by atoms with Crippen molar-refractivity contribution in [2.45, 2.75) is 52.1 Å². The minimum Gasteiger partial charge on any atom is -0.363 e. The van der Waals surface area contributed by atoms with Crippen LogP contribution in [-0.2, 0) is 0 Å². The molecule has 1 saturated heterocycles. The SMILES string of the molecule is CCC1CCC(C)N1c1c(F)cccc1C(C)=O. The average molecular weight is 249 g/mol. The largest absolute Gasteiger partial charge is 0.363 e. The molecule has 18 heavy (non-hydrogen) atoms. The summed E-state index contributed by atoms with van der Waals surface area (Å²) in [7, 11) is 0. The zero-order valence-corrected chi connectivity index (χ0v) is 11.2. The summed E-state index contributed by atoms with van der Waals surface area (Å²) in [4.78, 5) is 13.8. The van der Waals surface area contributed by atoms with E-state index in [1.165, 1.54) is 13.0 Å². The van der Waals surface area contributed by atoms with Crippen LogP contribution in [0.2, 0.25) is 0 Å². The Morgan fingerprint density at radius 3 is 2.78 bits per heavy atom. The molecule has 3 heteroatoms. The molecule has 1 heterocycles. The van der Waals surface area contributed by atoms with Gasteiger partial charge in [0.25, 0.3) is 0 Å². The van der Waals surface area contributed by atoms with Crippen molar-refractivity contribution in [1.82, 2.24) is 0 Å². The maximum atomic E-state index is 14.2. The van der Waals surface area contributed by atoms with Gasteiger partial charge in [0, 0.05) is 17.6 Å². The van der Waals surface area contributed by atoms with Gasteiger partial charge in [-0.2, -0.15) is 0 Å². The van der Waals surface area contributed by atoms with Crippen LogP contribution in [-0.4, -0.2) is 17.9 Å². The maximum absolute atomic E-state index is 14.2. The third kappa shape index (κ3) is 2.14. The van der Waals surface area contributed by atoms with Gasteiger partial charge in [-0.05, 0) is 45.2 Å². The van der Waals surface area contributed by atoms with E-state index in [0.29, 0.717) is 23.3 Å². The molecule has 0 aliphatic carbocycles. The Morgan fingerprint density at radius 2 is 2.17 bits per heavy atom. The van der Waals surface area contributed by atoms with Crippen LogP contribution in [0.15, 0.2) is 18.2 Å². The van der Waals surface area contributed by atoms with E-state index in [0.717, 1.165) is 19.3 Å². The molecule has 0 amide bonds. The van der Waals surface area contributed by atoms with Gasteiger partial charge in [-0.3, -0.25) is 4.79 Å². The van der Waals surface area contributed by atoms with Crippen LogP contribution in [0.1, 0.15) is 50.4 Å². The number of carbonyl (C=O) groups excluding carboxylic acids is 1. The first-order chi connectivity index (χ1) is 8.56. The monoisotopic (exact) mass is 249 g/mol. The molecule has 98 valence electrons. The number of nitrogens with zero attached hydrogens (tertiary/aromatic N) is 1. The molecule has 0 N–H and O–H groups in total. The van der Waals surface area contributed by atoms with E-state index in [1.807, 2.05) is 0 Å². The van der Waals surface area contributed by atoms with Crippen LogP contribution < -0.4 is 4.90 Å². The number of hydrogen-bond acceptors (Lipinski definition) is 2. The lowest BCUT2D eigenvalue weighted by Gasteiger charge is -2.32. The van der Waals surface area contributed by atoms with Crippen molar-refractivity contribution in [3.8, 4) is 0 Å². The molecule has 1 fully saturated rings. The van der Waals surface area contributed by atoms with Crippen molar-refractivity contribution in [2.75, 3.05) is 4.90 Å². The topological polar surface area (TPSA) is 20.3 Å². The number of halogens is 1. The summed E-state index contributed by atoms with van der Waals surface area (Å²) >= 11 is 0. The standard InChI is InChI=1S/C15H20FNO/c1-4-12-9-8-10(2)17(12)15-13(11(3)18)6-5-7-14(15)16/h5-7,10,12H,4,8-9H2,1-3H3. The summed E-state index contributed by atoms with van der Waals surface area (Å²) in [6.45, 7) is 5.72. The van der Waals surface area contributed by atoms with E-state index in [1.54, 1.807) is 12.1 Å². The molecular formula is C15H20FNO. The normalized spacial score (nSPS) is 23.4. The maximum Gasteiger partial charge on any atom is 0.161 e. The molecule has 1 aromatic carbocycles. The third-order valence-corrected chi connectivity index (χ3v) is 3.88. The molecule has 1 aromatic rings. The van der Waals surface area contributed by atoms with Crippen LogP contribution in [0.4, 0.5) is 10.1 Å². The molecule has 1 aliphatic rings. The van der Waals surface area contributed by atoms with Crippen molar-refractivity contribution in [3.05, 3.63) is 29.6 Å².